The molecule has 0 amide bonds. The van der Waals surface area contributed by atoms with Crippen LogP contribution in [0.1, 0.15) is 51.4 Å². The molecule has 0 rings (SSSR count). The van der Waals surface area contributed by atoms with Gasteiger partial charge in [0.1, 0.15) is 0 Å². The minimum Gasteiger partial charge on any atom is -0.481 e. The van der Waals surface area contributed by atoms with Crippen LogP contribution in [0.3, 0.4) is 0 Å². The highest BCUT2D eigenvalue weighted by Gasteiger charge is 1.95. The van der Waals surface area contributed by atoms with Crippen LogP contribution in [0.2, 0.25) is 0 Å². The molecule has 4 heteroatoms. The Morgan fingerprint density at radius 3 is 1.86 bits per heavy atom. The van der Waals surface area contributed by atoms with Gasteiger partial charge in [0.15, 0.2) is 0 Å². The molecule has 0 heterocycles. The van der Waals surface area contributed by atoms with Crippen molar-refractivity contribution in [2.24, 2.45) is 0 Å². The van der Waals surface area contributed by atoms with Gasteiger partial charge in [-0.25, -0.2) is 4.79 Å². The van der Waals surface area contributed by atoms with Crippen molar-refractivity contribution in [2.75, 3.05) is 0 Å². The Morgan fingerprint density at radius 1 is 0.682 bits per heavy atom. The number of carbonyl (C=O) groups is 2. The lowest BCUT2D eigenvalue weighted by Gasteiger charge is -1.99. The van der Waals surface area contributed by atoms with Gasteiger partial charge in [-0.05, 0) is 19.3 Å². The van der Waals surface area contributed by atoms with Crippen molar-refractivity contribution in [1.82, 2.24) is 0 Å². The fourth-order valence-corrected chi connectivity index (χ4v) is 1.81. The maximum atomic E-state index is 10.3. The van der Waals surface area contributed by atoms with Crippen molar-refractivity contribution < 1.29 is 19.8 Å². The number of rotatable bonds is 13. The van der Waals surface area contributed by atoms with E-state index in [1.807, 2.05) is 18.2 Å². The van der Waals surface area contributed by atoms with Gasteiger partial charge in [-0.3, -0.25) is 4.79 Å². The SMILES string of the molecule is O=C(O)/C=C/C=C/C=C/C=C/CCCCCCCCC(=O)O. The minimum absolute atomic E-state index is 0.287. The Labute approximate surface area is 132 Å². The van der Waals surface area contributed by atoms with Crippen LogP contribution in [0, 0.1) is 0 Å². The predicted octanol–water partition coefficient (Wildman–Crippen LogP) is 4.50. The molecule has 0 spiro atoms. The number of hydrogen-bond acceptors (Lipinski definition) is 2. The summed E-state index contributed by atoms with van der Waals surface area (Å²) in [6.07, 6.45) is 21.6. The highest BCUT2D eigenvalue weighted by atomic mass is 16.4. The quantitative estimate of drug-likeness (QED) is 0.298. The molecule has 22 heavy (non-hydrogen) atoms. The maximum Gasteiger partial charge on any atom is 0.328 e. The zero-order chi connectivity index (χ0) is 16.5. The Hall–Kier alpha value is -2.10. The largest absolute Gasteiger partial charge is 0.481 e. The zero-order valence-electron chi connectivity index (χ0n) is 13.0. The molecule has 122 valence electrons. The molecule has 0 aromatic carbocycles. The third-order valence-electron chi connectivity index (χ3n) is 2.94. The molecule has 0 aromatic rings. The Morgan fingerprint density at radius 2 is 1.23 bits per heavy atom. The standard InChI is InChI=1S/C18H26O4/c19-17(20)15-13-11-9-7-5-3-1-2-4-6-8-10-12-14-16-18(21)22/h1,3,5,7,9,11,13,15H,2,4,6,8,10,12,14,16H2,(H,19,20)(H,21,22)/b3-1+,7-5+,11-9+,15-13+. The second kappa shape index (κ2) is 15.3. The highest BCUT2D eigenvalue weighted by Crippen LogP contribution is 2.08. The monoisotopic (exact) mass is 306 g/mol. The van der Waals surface area contributed by atoms with Gasteiger partial charge in [-0.1, -0.05) is 68.2 Å². The lowest BCUT2D eigenvalue weighted by Crippen LogP contribution is -1.93. The van der Waals surface area contributed by atoms with Crippen LogP contribution in [0.4, 0.5) is 0 Å². The first-order valence-electron chi connectivity index (χ1n) is 7.74. The second-order valence-corrected chi connectivity index (χ2v) is 4.95. The van der Waals surface area contributed by atoms with Crippen LogP contribution >= 0.6 is 0 Å². The Bertz CT molecular complexity index is 417. The summed E-state index contributed by atoms with van der Waals surface area (Å²) in [5.74, 6) is -1.65. The van der Waals surface area contributed by atoms with E-state index < -0.39 is 11.9 Å². The molecule has 0 fully saturated rings. The molecular weight excluding hydrogens is 280 g/mol. The molecule has 0 radical (unpaired) electrons. The number of carboxylic acids is 2. The fraction of sp³-hybridized carbons (Fsp3) is 0.444. The molecule has 0 aliphatic carbocycles. The van der Waals surface area contributed by atoms with E-state index in [2.05, 4.69) is 6.08 Å². The van der Waals surface area contributed by atoms with Gasteiger partial charge in [0, 0.05) is 12.5 Å². The molecule has 0 unspecified atom stereocenters. The number of carboxylic acid groups (broad SMARTS) is 2. The summed E-state index contributed by atoms with van der Waals surface area (Å²) in [7, 11) is 0. The van der Waals surface area contributed by atoms with E-state index in [4.69, 9.17) is 10.2 Å². The summed E-state index contributed by atoms with van der Waals surface area (Å²) in [6, 6.07) is 0. The Balaban J connectivity index is 3.40. The third-order valence-corrected chi connectivity index (χ3v) is 2.94. The van der Waals surface area contributed by atoms with Gasteiger partial charge in [0.25, 0.3) is 0 Å². The van der Waals surface area contributed by atoms with Crippen molar-refractivity contribution in [1.29, 1.82) is 0 Å². The first kappa shape index (κ1) is 19.9. The summed E-state index contributed by atoms with van der Waals surface area (Å²) >= 11 is 0. The molecule has 0 aromatic heterocycles. The number of unbranched alkanes of at least 4 members (excludes halogenated alkanes) is 6. The van der Waals surface area contributed by atoms with E-state index >= 15 is 0 Å². The first-order valence-corrected chi connectivity index (χ1v) is 7.74. The highest BCUT2D eigenvalue weighted by molar-refractivity contribution is 5.80. The molecule has 0 atom stereocenters. The van der Waals surface area contributed by atoms with Gasteiger partial charge in [-0.15, -0.1) is 0 Å². The average molecular weight is 306 g/mol. The second-order valence-electron chi connectivity index (χ2n) is 4.95. The van der Waals surface area contributed by atoms with Crippen molar-refractivity contribution in [3.05, 3.63) is 48.6 Å². The van der Waals surface area contributed by atoms with Crippen molar-refractivity contribution in [3.8, 4) is 0 Å². The Kier molecular flexibility index (Phi) is 13.8. The van der Waals surface area contributed by atoms with Crippen LogP contribution in [-0.2, 0) is 9.59 Å². The van der Waals surface area contributed by atoms with Gasteiger partial charge < -0.3 is 10.2 Å². The van der Waals surface area contributed by atoms with Crippen molar-refractivity contribution >= 4 is 11.9 Å². The molecule has 0 saturated heterocycles. The maximum absolute atomic E-state index is 10.3. The van der Waals surface area contributed by atoms with Crippen molar-refractivity contribution in [2.45, 2.75) is 51.4 Å². The van der Waals surface area contributed by atoms with E-state index in [9.17, 15) is 9.59 Å². The number of hydrogen-bond donors (Lipinski definition) is 2. The number of aliphatic carboxylic acids is 2. The van der Waals surface area contributed by atoms with Crippen LogP contribution in [0.25, 0.3) is 0 Å². The van der Waals surface area contributed by atoms with E-state index in [1.165, 1.54) is 18.9 Å². The van der Waals surface area contributed by atoms with Gasteiger partial charge >= 0.3 is 11.9 Å². The first-order chi connectivity index (χ1) is 10.6. The lowest BCUT2D eigenvalue weighted by atomic mass is 10.1. The van der Waals surface area contributed by atoms with E-state index in [0.29, 0.717) is 0 Å². The summed E-state index contributed by atoms with van der Waals surface area (Å²) in [5, 5.41) is 16.9. The van der Waals surface area contributed by atoms with Crippen LogP contribution in [0.15, 0.2) is 48.6 Å². The van der Waals surface area contributed by atoms with Crippen LogP contribution in [-0.4, -0.2) is 22.2 Å². The van der Waals surface area contributed by atoms with Crippen molar-refractivity contribution in [3.63, 3.8) is 0 Å². The average Bonchev–Trinajstić information content (AvgIpc) is 2.46. The molecular formula is C18H26O4. The van der Waals surface area contributed by atoms with Gasteiger partial charge in [0.2, 0.25) is 0 Å². The summed E-state index contributed by atoms with van der Waals surface area (Å²) in [6.45, 7) is 0. The molecule has 2 N–H and O–H groups in total. The van der Waals surface area contributed by atoms with Gasteiger partial charge in [0.05, 0.1) is 0 Å². The summed E-state index contributed by atoms with van der Waals surface area (Å²) in [5.41, 5.74) is 0. The van der Waals surface area contributed by atoms with Crippen LogP contribution < -0.4 is 0 Å². The number of allylic oxidation sites excluding steroid dienone is 7. The summed E-state index contributed by atoms with van der Waals surface area (Å²) < 4.78 is 0. The fourth-order valence-electron chi connectivity index (χ4n) is 1.81. The third kappa shape index (κ3) is 17.9. The zero-order valence-corrected chi connectivity index (χ0v) is 13.0. The van der Waals surface area contributed by atoms with E-state index in [0.717, 1.165) is 38.2 Å². The molecule has 0 saturated carbocycles. The minimum atomic E-state index is -0.949. The predicted molar refractivity (Wildman–Crippen MR) is 88.8 cm³/mol. The topological polar surface area (TPSA) is 74.6 Å². The molecule has 4 nitrogen and oxygen atoms in total. The smallest absolute Gasteiger partial charge is 0.328 e. The molecule has 0 aliphatic heterocycles. The van der Waals surface area contributed by atoms with E-state index in [1.54, 1.807) is 12.2 Å². The lowest BCUT2D eigenvalue weighted by molar-refractivity contribution is -0.137. The molecule has 0 aliphatic rings. The normalized spacial score (nSPS) is 12.2. The van der Waals surface area contributed by atoms with Gasteiger partial charge in [-0.2, -0.15) is 0 Å². The van der Waals surface area contributed by atoms with Crippen LogP contribution in [0.5, 0.6) is 0 Å². The molecule has 0 bridgehead atoms. The van der Waals surface area contributed by atoms with E-state index in [-0.39, 0.29) is 6.42 Å². The summed E-state index contributed by atoms with van der Waals surface area (Å²) in [4.78, 5) is 20.5.